The maximum atomic E-state index is 11.9. The summed E-state index contributed by atoms with van der Waals surface area (Å²) in [5.74, 6) is -0.574. The average Bonchev–Trinajstić information content (AvgIpc) is 2.48. The summed E-state index contributed by atoms with van der Waals surface area (Å²) in [6.07, 6.45) is 1.32. The SMILES string of the molecule is O=S(=O)(/C=C/c1ccc(O)c(O)c1)NCc1ccc(Cl)cc1. The summed E-state index contributed by atoms with van der Waals surface area (Å²) in [7, 11) is -3.62. The van der Waals surface area contributed by atoms with Crippen LogP contribution in [0.2, 0.25) is 5.02 Å². The fraction of sp³-hybridized carbons (Fsp3) is 0.0667. The summed E-state index contributed by atoms with van der Waals surface area (Å²) < 4.78 is 26.1. The molecule has 0 saturated carbocycles. The van der Waals surface area contributed by atoms with Crippen molar-refractivity contribution in [3.05, 3.63) is 64.0 Å². The van der Waals surface area contributed by atoms with E-state index in [2.05, 4.69) is 4.72 Å². The highest BCUT2D eigenvalue weighted by atomic mass is 35.5. The van der Waals surface area contributed by atoms with Crippen molar-refractivity contribution in [2.24, 2.45) is 0 Å². The lowest BCUT2D eigenvalue weighted by atomic mass is 10.2. The van der Waals surface area contributed by atoms with Crippen molar-refractivity contribution in [3.8, 4) is 11.5 Å². The van der Waals surface area contributed by atoms with Crippen molar-refractivity contribution in [2.75, 3.05) is 0 Å². The fourth-order valence-corrected chi connectivity index (χ4v) is 2.57. The van der Waals surface area contributed by atoms with Gasteiger partial charge in [-0.25, -0.2) is 13.1 Å². The lowest BCUT2D eigenvalue weighted by molar-refractivity contribution is 0.403. The highest BCUT2D eigenvalue weighted by molar-refractivity contribution is 7.92. The largest absolute Gasteiger partial charge is 0.504 e. The summed E-state index contributed by atoms with van der Waals surface area (Å²) in [6, 6.07) is 10.9. The first-order chi connectivity index (χ1) is 10.4. The van der Waals surface area contributed by atoms with Crippen molar-refractivity contribution < 1.29 is 18.6 Å². The number of phenolic OH excluding ortho intramolecular Hbond substituents is 2. The maximum Gasteiger partial charge on any atom is 0.234 e. The molecule has 0 atom stereocenters. The third-order valence-corrected chi connectivity index (χ3v) is 4.12. The van der Waals surface area contributed by atoms with E-state index in [1.54, 1.807) is 24.3 Å². The van der Waals surface area contributed by atoms with Crippen molar-refractivity contribution in [1.82, 2.24) is 4.72 Å². The van der Waals surface area contributed by atoms with Gasteiger partial charge in [0, 0.05) is 17.0 Å². The Morgan fingerprint density at radius 1 is 1.05 bits per heavy atom. The van der Waals surface area contributed by atoms with Crippen LogP contribution in [0.4, 0.5) is 0 Å². The molecule has 2 rings (SSSR count). The van der Waals surface area contributed by atoms with Crippen LogP contribution >= 0.6 is 11.6 Å². The molecule has 2 aromatic carbocycles. The van der Waals surface area contributed by atoms with Gasteiger partial charge in [0.15, 0.2) is 11.5 Å². The topological polar surface area (TPSA) is 86.6 Å². The van der Waals surface area contributed by atoms with E-state index < -0.39 is 10.0 Å². The van der Waals surface area contributed by atoms with Crippen molar-refractivity contribution in [3.63, 3.8) is 0 Å². The number of benzene rings is 2. The number of hydrogen-bond acceptors (Lipinski definition) is 4. The van der Waals surface area contributed by atoms with Crippen molar-refractivity contribution in [1.29, 1.82) is 0 Å². The van der Waals surface area contributed by atoms with Crippen LogP contribution in [-0.2, 0) is 16.6 Å². The van der Waals surface area contributed by atoms with Crippen LogP contribution in [0.25, 0.3) is 6.08 Å². The van der Waals surface area contributed by atoms with E-state index in [9.17, 15) is 18.6 Å². The van der Waals surface area contributed by atoms with Gasteiger partial charge in [-0.15, -0.1) is 0 Å². The Bertz CT molecular complexity index is 786. The van der Waals surface area contributed by atoms with Gasteiger partial charge in [0.05, 0.1) is 0 Å². The fourth-order valence-electron chi connectivity index (χ4n) is 1.65. The molecule has 0 saturated heterocycles. The molecule has 7 heteroatoms. The molecule has 0 aromatic heterocycles. The minimum absolute atomic E-state index is 0.144. The van der Waals surface area contributed by atoms with E-state index in [1.807, 2.05) is 0 Å². The van der Waals surface area contributed by atoms with E-state index in [1.165, 1.54) is 24.3 Å². The highest BCUT2D eigenvalue weighted by Crippen LogP contribution is 2.25. The quantitative estimate of drug-likeness (QED) is 0.731. The first kappa shape index (κ1) is 16.4. The molecule has 3 N–H and O–H groups in total. The second kappa shape index (κ2) is 6.83. The standard InChI is InChI=1S/C15H14ClNO4S/c16-13-4-1-12(2-5-13)10-17-22(20,21)8-7-11-3-6-14(18)15(19)9-11/h1-9,17-19H,10H2/b8-7+. The lowest BCUT2D eigenvalue weighted by Crippen LogP contribution is -2.20. The number of hydrogen-bond donors (Lipinski definition) is 3. The number of phenols is 2. The summed E-state index contributed by atoms with van der Waals surface area (Å²) in [5.41, 5.74) is 1.23. The highest BCUT2D eigenvalue weighted by Gasteiger charge is 2.05. The average molecular weight is 340 g/mol. The summed E-state index contributed by atoms with van der Waals surface area (Å²) >= 11 is 5.76. The zero-order valence-electron chi connectivity index (χ0n) is 11.4. The molecule has 116 valence electrons. The van der Waals surface area contributed by atoms with Crippen LogP contribution in [0.5, 0.6) is 11.5 Å². The molecule has 0 unspecified atom stereocenters. The molecule has 0 radical (unpaired) electrons. The molecule has 0 spiro atoms. The van der Waals surface area contributed by atoms with E-state index in [4.69, 9.17) is 11.6 Å². The number of rotatable bonds is 5. The first-order valence-corrected chi connectivity index (χ1v) is 8.22. The van der Waals surface area contributed by atoms with Crippen LogP contribution in [-0.4, -0.2) is 18.6 Å². The number of aromatic hydroxyl groups is 2. The van der Waals surface area contributed by atoms with Gasteiger partial charge in [-0.3, -0.25) is 0 Å². The molecule has 5 nitrogen and oxygen atoms in total. The normalized spacial score (nSPS) is 11.9. The Hall–Kier alpha value is -2.02. The number of halogens is 1. The third kappa shape index (κ3) is 4.77. The zero-order chi connectivity index (χ0) is 16.2. The van der Waals surface area contributed by atoms with E-state index >= 15 is 0 Å². The second-order valence-electron chi connectivity index (χ2n) is 4.54. The smallest absolute Gasteiger partial charge is 0.234 e. The third-order valence-electron chi connectivity index (χ3n) is 2.83. The lowest BCUT2D eigenvalue weighted by Gasteiger charge is -2.03. The van der Waals surface area contributed by atoms with Crippen molar-refractivity contribution >= 4 is 27.7 Å². The van der Waals surface area contributed by atoms with E-state index in [0.717, 1.165) is 11.0 Å². The molecule has 0 aliphatic heterocycles. The Morgan fingerprint density at radius 2 is 1.73 bits per heavy atom. The molecule has 22 heavy (non-hydrogen) atoms. The Kier molecular flexibility index (Phi) is 5.07. The van der Waals surface area contributed by atoms with Crippen LogP contribution < -0.4 is 4.72 Å². The van der Waals surface area contributed by atoms with E-state index in [0.29, 0.717) is 10.6 Å². The Labute approximate surface area is 133 Å². The predicted molar refractivity (Wildman–Crippen MR) is 86.0 cm³/mol. The molecule has 0 bridgehead atoms. The zero-order valence-corrected chi connectivity index (χ0v) is 13.0. The maximum absolute atomic E-state index is 11.9. The number of nitrogens with one attached hydrogen (secondary N) is 1. The molecular formula is C15H14ClNO4S. The van der Waals surface area contributed by atoms with Gasteiger partial charge in [-0.05, 0) is 41.5 Å². The second-order valence-corrected chi connectivity index (χ2v) is 6.63. The molecule has 0 heterocycles. The molecule has 0 aliphatic carbocycles. The van der Waals surface area contributed by atoms with Gasteiger partial charge in [-0.1, -0.05) is 29.8 Å². The monoisotopic (exact) mass is 339 g/mol. The van der Waals surface area contributed by atoms with Crippen LogP contribution in [0.1, 0.15) is 11.1 Å². The molecular weight excluding hydrogens is 326 g/mol. The Balaban J connectivity index is 2.02. The van der Waals surface area contributed by atoms with Gasteiger partial charge < -0.3 is 10.2 Å². The predicted octanol–water partition coefficient (Wildman–Crippen LogP) is 2.84. The van der Waals surface area contributed by atoms with Gasteiger partial charge in [-0.2, -0.15) is 0 Å². The Morgan fingerprint density at radius 3 is 2.36 bits per heavy atom. The molecule has 0 fully saturated rings. The van der Waals surface area contributed by atoms with Crippen LogP contribution in [0, 0.1) is 0 Å². The minimum atomic E-state index is -3.62. The summed E-state index contributed by atoms with van der Waals surface area (Å²) in [4.78, 5) is 0. The van der Waals surface area contributed by atoms with E-state index in [-0.39, 0.29) is 18.0 Å². The minimum Gasteiger partial charge on any atom is -0.504 e. The van der Waals surface area contributed by atoms with Gasteiger partial charge >= 0.3 is 0 Å². The van der Waals surface area contributed by atoms with Crippen LogP contribution in [0.15, 0.2) is 47.9 Å². The van der Waals surface area contributed by atoms with Crippen LogP contribution in [0.3, 0.4) is 0 Å². The molecule has 2 aromatic rings. The van der Waals surface area contributed by atoms with Gasteiger partial charge in [0.25, 0.3) is 0 Å². The molecule has 0 aliphatic rings. The van der Waals surface area contributed by atoms with Gasteiger partial charge in [0.1, 0.15) is 0 Å². The summed E-state index contributed by atoms with van der Waals surface area (Å²) in [6.45, 7) is 0.144. The summed E-state index contributed by atoms with van der Waals surface area (Å²) in [5, 5.41) is 20.1. The van der Waals surface area contributed by atoms with Crippen molar-refractivity contribution in [2.45, 2.75) is 6.54 Å². The molecule has 0 amide bonds. The van der Waals surface area contributed by atoms with Gasteiger partial charge in [0.2, 0.25) is 10.0 Å². The first-order valence-electron chi connectivity index (χ1n) is 6.30. The number of sulfonamides is 1.